The van der Waals surface area contributed by atoms with E-state index in [0.717, 1.165) is 11.4 Å². The number of sulfone groups is 1. The Morgan fingerprint density at radius 1 is 1.24 bits per heavy atom. The van der Waals surface area contributed by atoms with Crippen molar-refractivity contribution in [1.82, 2.24) is 25.5 Å². The summed E-state index contributed by atoms with van der Waals surface area (Å²) in [5.41, 5.74) is 0.912. The summed E-state index contributed by atoms with van der Waals surface area (Å²) < 4.78 is 23.6. The first-order valence-electron chi connectivity index (χ1n) is 6.41. The summed E-state index contributed by atoms with van der Waals surface area (Å²) in [7, 11) is -2.90. The Morgan fingerprint density at radius 3 is 2.71 bits per heavy atom. The Hall–Kier alpha value is -1.45. The van der Waals surface area contributed by atoms with Crippen molar-refractivity contribution in [2.24, 2.45) is 0 Å². The highest BCUT2D eigenvalue weighted by molar-refractivity contribution is 7.99. The van der Waals surface area contributed by atoms with Gasteiger partial charge in [-0.05, 0) is 22.6 Å². The molecule has 0 radical (unpaired) electrons. The van der Waals surface area contributed by atoms with Crippen molar-refractivity contribution in [3.8, 4) is 5.69 Å². The molecule has 0 amide bonds. The molecular weight excluding hydrogens is 310 g/mol. The molecule has 0 atom stereocenters. The smallest absolute Gasteiger partial charge is 0.214 e. The minimum absolute atomic E-state index is 0.152. The standard InChI is InChI=1S/C12H17N5O2S2/c1-21(18,19)10-8-13-7-9-20-12-14-15-16-17(12)11-5-3-2-4-6-11/h2-6,13H,7-10H2,1H3. The molecule has 0 spiro atoms. The summed E-state index contributed by atoms with van der Waals surface area (Å²) in [6, 6.07) is 9.67. The number of hydrogen-bond acceptors (Lipinski definition) is 7. The van der Waals surface area contributed by atoms with E-state index in [1.807, 2.05) is 30.3 Å². The highest BCUT2D eigenvalue weighted by Gasteiger charge is 2.08. The van der Waals surface area contributed by atoms with E-state index >= 15 is 0 Å². The lowest BCUT2D eigenvalue weighted by atomic mass is 10.3. The lowest BCUT2D eigenvalue weighted by molar-refractivity contribution is 0.598. The van der Waals surface area contributed by atoms with Crippen LogP contribution in [0.15, 0.2) is 35.5 Å². The van der Waals surface area contributed by atoms with Crippen molar-refractivity contribution in [1.29, 1.82) is 0 Å². The van der Waals surface area contributed by atoms with Gasteiger partial charge in [-0.3, -0.25) is 0 Å². The predicted molar refractivity (Wildman–Crippen MR) is 82.5 cm³/mol. The molecule has 0 saturated heterocycles. The van der Waals surface area contributed by atoms with Crippen molar-refractivity contribution in [2.45, 2.75) is 5.16 Å². The van der Waals surface area contributed by atoms with Gasteiger partial charge < -0.3 is 5.32 Å². The lowest BCUT2D eigenvalue weighted by Gasteiger charge is -2.05. The summed E-state index contributed by atoms with van der Waals surface area (Å²) in [6.07, 6.45) is 1.23. The van der Waals surface area contributed by atoms with Crippen LogP contribution in [-0.4, -0.2) is 59.5 Å². The molecule has 1 heterocycles. The zero-order chi connectivity index (χ0) is 15.1. The van der Waals surface area contributed by atoms with Gasteiger partial charge in [-0.2, -0.15) is 4.68 Å². The molecule has 0 aliphatic rings. The van der Waals surface area contributed by atoms with Gasteiger partial charge in [-0.1, -0.05) is 30.0 Å². The normalized spacial score (nSPS) is 11.7. The van der Waals surface area contributed by atoms with Crippen LogP contribution >= 0.6 is 11.8 Å². The fourth-order valence-corrected chi connectivity index (χ4v) is 2.90. The largest absolute Gasteiger partial charge is 0.315 e. The molecule has 114 valence electrons. The zero-order valence-corrected chi connectivity index (χ0v) is 13.3. The first kappa shape index (κ1) is 15.9. The Balaban J connectivity index is 1.79. The Bertz CT molecular complexity index is 657. The van der Waals surface area contributed by atoms with Crippen LogP contribution in [0.1, 0.15) is 0 Å². The molecule has 21 heavy (non-hydrogen) atoms. The molecule has 1 N–H and O–H groups in total. The molecular formula is C12H17N5O2S2. The molecule has 0 aliphatic carbocycles. The number of benzene rings is 1. The highest BCUT2D eigenvalue weighted by atomic mass is 32.2. The van der Waals surface area contributed by atoms with Crippen LogP contribution < -0.4 is 5.32 Å². The molecule has 0 bridgehead atoms. The number of hydrogen-bond donors (Lipinski definition) is 1. The van der Waals surface area contributed by atoms with Gasteiger partial charge in [0.1, 0.15) is 9.84 Å². The topological polar surface area (TPSA) is 89.8 Å². The molecule has 2 rings (SSSR count). The van der Waals surface area contributed by atoms with Crippen molar-refractivity contribution in [3.63, 3.8) is 0 Å². The van der Waals surface area contributed by atoms with E-state index in [1.54, 1.807) is 4.68 Å². The molecule has 1 aromatic carbocycles. The van der Waals surface area contributed by atoms with Crippen LogP contribution in [0.5, 0.6) is 0 Å². The van der Waals surface area contributed by atoms with Crippen LogP contribution in [-0.2, 0) is 9.84 Å². The van der Waals surface area contributed by atoms with Crippen molar-refractivity contribution in [3.05, 3.63) is 30.3 Å². The van der Waals surface area contributed by atoms with Gasteiger partial charge in [0.15, 0.2) is 0 Å². The second-order valence-electron chi connectivity index (χ2n) is 4.44. The third-order valence-corrected chi connectivity index (χ3v) is 4.47. The van der Waals surface area contributed by atoms with E-state index in [4.69, 9.17) is 0 Å². The summed E-state index contributed by atoms with van der Waals surface area (Å²) in [6.45, 7) is 1.16. The third kappa shape index (κ3) is 5.44. The van der Waals surface area contributed by atoms with E-state index in [9.17, 15) is 8.42 Å². The lowest BCUT2D eigenvalue weighted by Crippen LogP contribution is -2.24. The molecule has 2 aromatic rings. The van der Waals surface area contributed by atoms with Crippen molar-refractivity contribution < 1.29 is 8.42 Å². The van der Waals surface area contributed by atoms with Crippen LogP contribution in [0.3, 0.4) is 0 Å². The molecule has 7 nitrogen and oxygen atoms in total. The first-order chi connectivity index (χ1) is 10.1. The number of thioether (sulfide) groups is 1. The molecule has 0 fully saturated rings. The second kappa shape index (κ2) is 7.53. The zero-order valence-electron chi connectivity index (χ0n) is 11.6. The highest BCUT2D eigenvalue weighted by Crippen LogP contribution is 2.16. The minimum atomic E-state index is -2.90. The van der Waals surface area contributed by atoms with Crippen LogP contribution in [0.4, 0.5) is 0 Å². The van der Waals surface area contributed by atoms with Crippen LogP contribution in [0.25, 0.3) is 5.69 Å². The Morgan fingerprint density at radius 2 is 2.00 bits per heavy atom. The molecule has 9 heteroatoms. The summed E-state index contributed by atoms with van der Waals surface area (Å²) in [4.78, 5) is 0. The fourth-order valence-electron chi connectivity index (χ4n) is 1.60. The molecule has 0 aliphatic heterocycles. The maximum absolute atomic E-state index is 11.0. The average Bonchev–Trinajstić information content (AvgIpc) is 2.91. The van der Waals surface area contributed by atoms with E-state index in [2.05, 4.69) is 20.8 Å². The van der Waals surface area contributed by atoms with Gasteiger partial charge in [0, 0.05) is 25.1 Å². The Kier molecular flexibility index (Phi) is 5.71. The maximum atomic E-state index is 11.0. The third-order valence-electron chi connectivity index (χ3n) is 2.60. The van der Waals surface area contributed by atoms with E-state index in [0.29, 0.717) is 18.2 Å². The van der Waals surface area contributed by atoms with E-state index in [1.165, 1.54) is 18.0 Å². The average molecular weight is 327 g/mol. The fraction of sp³-hybridized carbons (Fsp3) is 0.417. The minimum Gasteiger partial charge on any atom is -0.315 e. The van der Waals surface area contributed by atoms with Crippen LogP contribution in [0, 0.1) is 0 Å². The summed E-state index contributed by atoms with van der Waals surface area (Å²) in [5, 5.41) is 15.4. The number of rotatable bonds is 8. The number of nitrogens with zero attached hydrogens (tertiary/aromatic N) is 4. The van der Waals surface area contributed by atoms with Gasteiger partial charge in [0.05, 0.1) is 11.4 Å². The summed E-state index contributed by atoms with van der Waals surface area (Å²) in [5.74, 6) is 0.913. The molecule has 0 saturated carbocycles. The monoisotopic (exact) mass is 327 g/mol. The van der Waals surface area contributed by atoms with Gasteiger partial charge in [0.2, 0.25) is 5.16 Å². The van der Waals surface area contributed by atoms with Gasteiger partial charge in [-0.15, -0.1) is 5.10 Å². The van der Waals surface area contributed by atoms with E-state index in [-0.39, 0.29) is 5.75 Å². The number of nitrogens with one attached hydrogen (secondary N) is 1. The van der Waals surface area contributed by atoms with Crippen molar-refractivity contribution >= 4 is 21.6 Å². The number of para-hydroxylation sites is 1. The second-order valence-corrected chi connectivity index (χ2v) is 7.76. The summed E-state index contributed by atoms with van der Waals surface area (Å²) >= 11 is 1.52. The number of tetrazole rings is 1. The molecule has 0 unspecified atom stereocenters. The van der Waals surface area contributed by atoms with Crippen LogP contribution in [0.2, 0.25) is 0 Å². The quantitative estimate of drug-likeness (QED) is 0.554. The van der Waals surface area contributed by atoms with Crippen molar-refractivity contribution in [2.75, 3.05) is 30.9 Å². The number of aromatic nitrogens is 4. The predicted octanol–water partition coefficient (Wildman–Crippen LogP) is 0.389. The van der Waals surface area contributed by atoms with Gasteiger partial charge in [-0.25, -0.2) is 8.42 Å². The molecule has 1 aromatic heterocycles. The SMILES string of the molecule is CS(=O)(=O)CCNCCSc1nnnn1-c1ccccc1. The first-order valence-corrected chi connectivity index (χ1v) is 9.46. The van der Waals surface area contributed by atoms with Gasteiger partial charge >= 0.3 is 0 Å². The maximum Gasteiger partial charge on any atom is 0.214 e. The van der Waals surface area contributed by atoms with E-state index < -0.39 is 9.84 Å². The Labute approximate surface area is 128 Å². The van der Waals surface area contributed by atoms with Gasteiger partial charge in [0.25, 0.3) is 0 Å².